The summed E-state index contributed by atoms with van der Waals surface area (Å²) in [5.41, 5.74) is 12.6. The summed E-state index contributed by atoms with van der Waals surface area (Å²) in [5.74, 6) is -2.74. The van der Waals surface area contributed by atoms with Crippen LogP contribution in [0.5, 0.6) is 0 Å². The molecule has 1 atom stereocenters. The first-order chi connectivity index (χ1) is 20.0. The average Bonchev–Trinajstić information content (AvgIpc) is 3.49. The van der Waals surface area contributed by atoms with E-state index in [0.29, 0.717) is 18.7 Å². The van der Waals surface area contributed by atoms with Crippen molar-refractivity contribution in [1.82, 2.24) is 28.8 Å². The Hall–Kier alpha value is -4.78. The Morgan fingerprint density at radius 3 is 2.52 bits per heavy atom. The maximum atomic E-state index is 13.1. The number of carbonyl (C=O) groups excluding carboxylic acids is 1. The van der Waals surface area contributed by atoms with Crippen molar-refractivity contribution in [3.63, 3.8) is 0 Å². The second-order valence-electron chi connectivity index (χ2n) is 10.1. The molecule has 1 aliphatic rings. The minimum Gasteiger partial charge on any atom is -0.475 e. The summed E-state index contributed by atoms with van der Waals surface area (Å²) in [7, 11) is 0. The van der Waals surface area contributed by atoms with Gasteiger partial charge in [-0.15, -0.1) is 0 Å². The Balaban J connectivity index is 0.000000451. The van der Waals surface area contributed by atoms with E-state index < -0.39 is 12.1 Å². The highest BCUT2D eigenvalue weighted by atomic mass is 19.4. The molecule has 1 saturated heterocycles. The predicted molar refractivity (Wildman–Crippen MR) is 149 cm³/mol. The monoisotopic (exact) mass is 579 g/mol. The number of amides is 1. The number of nitrogens with two attached hydrogens (primary N) is 1. The number of rotatable bonds is 4. The number of imidazole rings is 1. The molecule has 5 heterocycles. The number of carboxylic acid groups (broad SMARTS) is 1. The highest BCUT2D eigenvalue weighted by molar-refractivity contribution is 5.95. The second kappa shape index (κ2) is 11.6. The summed E-state index contributed by atoms with van der Waals surface area (Å²) < 4.78 is 36.0. The third-order valence-electron chi connectivity index (χ3n) is 7.11. The van der Waals surface area contributed by atoms with Crippen LogP contribution >= 0.6 is 0 Å². The normalized spacial score (nSPS) is 15.5. The third-order valence-corrected chi connectivity index (χ3v) is 7.11. The first-order valence-corrected chi connectivity index (χ1v) is 13.2. The number of alkyl halides is 3. The lowest BCUT2D eigenvalue weighted by molar-refractivity contribution is -0.192. The number of fused-ring (bicyclic) bond motifs is 2. The number of piperidine rings is 1. The van der Waals surface area contributed by atoms with E-state index in [1.165, 1.54) is 0 Å². The van der Waals surface area contributed by atoms with Gasteiger partial charge in [0.15, 0.2) is 0 Å². The van der Waals surface area contributed by atoms with Crippen LogP contribution in [0.3, 0.4) is 0 Å². The zero-order chi connectivity index (χ0) is 30.0. The van der Waals surface area contributed by atoms with Gasteiger partial charge in [0.25, 0.3) is 5.91 Å². The van der Waals surface area contributed by atoms with E-state index in [1.54, 1.807) is 6.33 Å². The number of aromatic nitrogens is 5. The Bertz CT molecular complexity index is 1750. The quantitative estimate of drug-likeness (QED) is 0.325. The van der Waals surface area contributed by atoms with Crippen LogP contribution in [0.4, 0.5) is 13.2 Å². The molecule has 3 N–H and O–H groups in total. The molecule has 0 unspecified atom stereocenters. The van der Waals surface area contributed by atoms with Crippen LogP contribution in [0, 0.1) is 6.92 Å². The van der Waals surface area contributed by atoms with Gasteiger partial charge in [0.2, 0.25) is 0 Å². The number of aliphatic carboxylic acids is 1. The number of pyridine rings is 1. The van der Waals surface area contributed by atoms with Gasteiger partial charge in [-0.25, -0.2) is 19.7 Å². The molecule has 218 valence electrons. The van der Waals surface area contributed by atoms with Gasteiger partial charge in [-0.1, -0.05) is 18.2 Å². The van der Waals surface area contributed by atoms with Crippen LogP contribution in [0.25, 0.3) is 27.9 Å². The fourth-order valence-electron chi connectivity index (χ4n) is 5.09. The molecule has 1 fully saturated rings. The van der Waals surface area contributed by atoms with Crippen LogP contribution in [-0.4, -0.2) is 71.1 Å². The summed E-state index contributed by atoms with van der Waals surface area (Å²) in [6, 6.07) is 14.3. The van der Waals surface area contributed by atoms with Crippen molar-refractivity contribution in [2.75, 3.05) is 13.1 Å². The summed E-state index contributed by atoms with van der Waals surface area (Å²) in [5, 5.41) is 8.27. The molecule has 13 heteroatoms. The Kier molecular flexibility index (Phi) is 7.94. The summed E-state index contributed by atoms with van der Waals surface area (Å²) in [6.45, 7) is 4.05. The van der Waals surface area contributed by atoms with Gasteiger partial charge in [0, 0.05) is 65.4 Å². The van der Waals surface area contributed by atoms with Crippen LogP contribution in [0.15, 0.2) is 67.4 Å². The predicted octanol–water partition coefficient (Wildman–Crippen LogP) is 4.30. The van der Waals surface area contributed by atoms with Crippen LogP contribution in [-0.2, 0) is 11.3 Å². The maximum absolute atomic E-state index is 13.1. The smallest absolute Gasteiger partial charge is 0.475 e. The summed E-state index contributed by atoms with van der Waals surface area (Å²) >= 11 is 0. The molecule has 42 heavy (non-hydrogen) atoms. The van der Waals surface area contributed by atoms with Crippen molar-refractivity contribution in [2.24, 2.45) is 5.73 Å². The minimum absolute atomic E-state index is 0.0167. The number of likely N-dealkylation sites (tertiary alicyclic amines) is 1. The zero-order valence-electron chi connectivity index (χ0n) is 22.6. The van der Waals surface area contributed by atoms with Crippen molar-refractivity contribution in [3.05, 3.63) is 84.2 Å². The lowest BCUT2D eigenvalue weighted by Gasteiger charge is -2.30. The van der Waals surface area contributed by atoms with E-state index in [0.717, 1.165) is 58.6 Å². The molecule has 10 nitrogen and oxygen atoms in total. The van der Waals surface area contributed by atoms with Gasteiger partial charge in [0.1, 0.15) is 17.7 Å². The molecule has 6 rings (SSSR count). The van der Waals surface area contributed by atoms with E-state index in [4.69, 9.17) is 20.6 Å². The summed E-state index contributed by atoms with van der Waals surface area (Å²) in [4.78, 5) is 37.3. The van der Waals surface area contributed by atoms with Crippen LogP contribution in [0.1, 0.15) is 34.5 Å². The number of nitrogens with zero attached hydrogens (tertiary/aromatic N) is 6. The average molecular weight is 580 g/mol. The second-order valence-corrected chi connectivity index (χ2v) is 10.1. The topological polar surface area (TPSA) is 132 Å². The SMILES string of the molecule is Cc1c(-c2cc3ccccc3n2Cc2cncnc2)nc2cc(C(=O)N3CCC[C@@H](N)C3)ccn12.O=C(O)C(F)(F)F. The standard InChI is InChI=1S/C27H27N7O.C2HF3O2/c1-18-26(24-11-20-5-2-3-7-23(20)34(24)15-19-13-29-17-30-14-19)31-25-12-21(8-10-33(18)25)27(35)32-9-4-6-22(28)16-32;3-2(4,5)1(6)7/h2-3,5,7-8,10-14,17,22H,4,6,9,15-16,28H2,1H3;(H,6,7)/t22-;/m1./s1. The van der Waals surface area contributed by atoms with Gasteiger partial charge < -0.3 is 24.7 Å². The van der Waals surface area contributed by atoms with Gasteiger partial charge >= 0.3 is 12.1 Å². The lowest BCUT2D eigenvalue weighted by atomic mass is 10.1. The first-order valence-electron chi connectivity index (χ1n) is 13.2. The molecule has 1 aliphatic heterocycles. The minimum atomic E-state index is -5.08. The van der Waals surface area contributed by atoms with Gasteiger partial charge in [-0.3, -0.25) is 4.79 Å². The molecule has 0 saturated carbocycles. The van der Waals surface area contributed by atoms with E-state index >= 15 is 0 Å². The van der Waals surface area contributed by atoms with Crippen molar-refractivity contribution in [3.8, 4) is 11.4 Å². The lowest BCUT2D eigenvalue weighted by Crippen LogP contribution is -2.45. The van der Waals surface area contributed by atoms with Crippen molar-refractivity contribution in [2.45, 2.75) is 38.5 Å². The van der Waals surface area contributed by atoms with E-state index in [9.17, 15) is 18.0 Å². The fraction of sp³-hybridized carbons (Fsp3) is 0.276. The Morgan fingerprint density at radius 2 is 1.83 bits per heavy atom. The Morgan fingerprint density at radius 1 is 1.12 bits per heavy atom. The third kappa shape index (κ3) is 5.96. The van der Waals surface area contributed by atoms with E-state index in [2.05, 4.69) is 39.7 Å². The fourth-order valence-corrected chi connectivity index (χ4v) is 5.09. The first kappa shape index (κ1) is 28.7. The molecule has 1 amide bonds. The number of hydrogen-bond acceptors (Lipinski definition) is 6. The molecule has 0 bridgehead atoms. The van der Waals surface area contributed by atoms with E-state index in [1.807, 2.05) is 52.2 Å². The highest BCUT2D eigenvalue weighted by Gasteiger charge is 2.38. The van der Waals surface area contributed by atoms with Gasteiger partial charge in [-0.2, -0.15) is 13.2 Å². The molecule has 0 spiro atoms. The maximum Gasteiger partial charge on any atom is 0.490 e. The largest absolute Gasteiger partial charge is 0.490 e. The number of hydrogen-bond donors (Lipinski definition) is 2. The van der Waals surface area contributed by atoms with Crippen LogP contribution < -0.4 is 5.73 Å². The Labute approximate surface area is 238 Å². The van der Waals surface area contributed by atoms with Crippen LogP contribution in [0.2, 0.25) is 0 Å². The van der Waals surface area contributed by atoms with E-state index in [-0.39, 0.29) is 11.9 Å². The van der Waals surface area contributed by atoms with Crippen molar-refractivity contribution >= 4 is 28.4 Å². The molecular formula is C29H28F3N7O3. The zero-order valence-corrected chi connectivity index (χ0v) is 22.6. The number of aryl methyl sites for hydroxylation is 1. The number of halogens is 3. The molecule has 0 aliphatic carbocycles. The molecule has 5 aromatic rings. The molecule has 1 aromatic carbocycles. The van der Waals surface area contributed by atoms with Crippen molar-refractivity contribution < 1.29 is 27.9 Å². The molecule has 4 aromatic heterocycles. The van der Waals surface area contributed by atoms with Gasteiger partial charge in [-0.05, 0) is 44.0 Å². The number of carbonyl (C=O) groups is 2. The molecular weight excluding hydrogens is 551 g/mol. The number of benzene rings is 1. The number of para-hydroxylation sites is 1. The van der Waals surface area contributed by atoms with Crippen molar-refractivity contribution in [1.29, 1.82) is 0 Å². The summed E-state index contributed by atoms with van der Waals surface area (Å²) in [6.07, 6.45) is 3.99. The van der Waals surface area contributed by atoms with Gasteiger partial charge in [0.05, 0.1) is 12.2 Å². The molecule has 0 radical (unpaired) electrons. The highest BCUT2D eigenvalue weighted by Crippen LogP contribution is 2.31. The number of carboxylic acids is 1.